The average molecular weight is 561 g/mol. The zero-order valence-electron chi connectivity index (χ0n) is 24.8. The highest BCUT2D eigenvalue weighted by molar-refractivity contribution is 6.03. The molecule has 6 nitrogen and oxygen atoms in total. The number of ether oxygens (including phenoxy) is 1. The van der Waals surface area contributed by atoms with Gasteiger partial charge in [-0.3, -0.25) is 9.89 Å². The zero-order chi connectivity index (χ0) is 28.6. The van der Waals surface area contributed by atoms with Crippen molar-refractivity contribution in [1.29, 1.82) is 0 Å². The van der Waals surface area contributed by atoms with E-state index in [1.807, 2.05) is 38.1 Å². The minimum Gasteiger partial charge on any atom is -0.444 e. The Balaban J connectivity index is 0.914. The summed E-state index contributed by atoms with van der Waals surface area (Å²) in [6, 6.07) is 18.0. The van der Waals surface area contributed by atoms with E-state index < -0.39 is 5.60 Å². The number of nitrogens with one attached hydrogen (secondary N) is 1. The molecule has 6 atom stereocenters. The molecule has 2 bridgehead atoms. The van der Waals surface area contributed by atoms with Crippen LogP contribution in [0.25, 0.3) is 28.0 Å². The molecule has 1 saturated heterocycles. The average Bonchev–Trinajstić information content (AvgIpc) is 3.62. The van der Waals surface area contributed by atoms with E-state index in [1.54, 1.807) is 0 Å². The van der Waals surface area contributed by atoms with E-state index in [4.69, 9.17) is 14.7 Å². The van der Waals surface area contributed by atoms with Crippen molar-refractivity contribution in [3.8, 4) is 22.4 Å². The van der Waals surface area contributed by atoms with Gasteiger partial charge in [-0.05, 0) is 98.5 Å². The maximum Gasteiger partial charge on any atom is 0.411 e. The Morgan fingerprint density at radius 1 is 0.881 bits per heavy atom. The van der Waals surface area contributed by atoms with Gasteiger partial charge >= 0.3 is 6.09 Å². The summed E-state index contributed by atoms with van der Waals surface area (Å²) in [4.78, 5) is 28.2. The van der Waals surface area contributed by atoms with Crippen molar-refractivity contribution >= 4 is 17.4 Å². The Morgan fingerprint density at radius 2 is 1.60 bits per heavy atom. The summed E-state index contributed by atoms with van der Waals surface area (Å²) in [6.45, 7) is 5.79. The molecule has 5 aliphatic rings. The molecule has 216 valence electrons. The number of rotatable bonds is 5. The van der Waals surface area contributed by atoms with Gasteiger partial charge in [-0.25, -0.2) is 9.78 Å². The van der Waals surface area contributed by atoms with Crippen molar-refractivity contribution < 1.29 is 9.53 Å². The molecule has 3 aromatic rings. The SMILES string of the molecule is CC(C)(C)OC(=O)N1[C@@H]2C[C@@H]2C[C@H]1C1=NC=C(c2ccc(-c3ccc(-c4cnc([C@H]5C[C@@H]6CC[C@H]5C6)[nH]4)cc3)cc2)C1. The first-order valence-corrected chi connectivity index (χ1v) is 15.8. The third-order valence-electron chi connectivity index (χ3n) is 10.3. The van der Waals surface area contributed by atoms with E-state index in [9.17, 15) is 4.79 Å². The Kier molecular flexibility index (Phi) is 5.99. The number of fused-ring (bicyclic) bond motifs is 3. The van der Waals surface area contributed by atoms with E-state index in [2.05, 4.69) is 53.5 Å². The number of hydrogen-bond donors (Lipinski definition) is 1. The maximum absolute atomic E-state index is 13.0. The zero-order valence-corrected chi connectivity index (χ0v) is 24.8. The summed E-state index contributed by atoms with van der Waals surface area (Å²) >= 11 is 0. The van der Waals surface area contributed by atoms with Gasteiger partial charge < -0.3 is 9.72 Å². The molecule has 0 spiro atoms. The van der Waals surface area contributed by atoms with Crippen LogP contribution < -0.4 is 0 Å². The third kappa shape index (κ3) is 4.69. The second kappa shape index (κ2) is 9.68. The first-order chi connectivity index (χ1) is 20.3. The molecule has 42 heavy (non-hydrogen) atoms. The highest BCUT2D eigenvalue weighted by Gasteiger charge is 2.56. The lowest BCUT2D eigenvalue weighted by atomic mass is 9.88. The fraction of sp³-hybridized carbons (Fsp3) is 0.472. The van der Waals surface area contributed by atoms with Crippen LogP contribution in [0.15, 0.2) is 65.9 Å². The Hall–Kier alpha value is -3.67. The monoisotopic (exact) mass is 560 g/mol. The van der Waals surface area contributed by atoms with Gasteiger partial charge in [-0.15, -0.1) is 0 Å². The van der Waals surface area contributed by atoms with Gasteiger partial charge in [-0.2, -0.15) is 0 Å². The van der Waals surface area contributed by atoms with Crippen molar-refractivity contribution in [2.75, 3.05) is 0 Å². The number of likely N-dealkylation sites (tertiary alicyclic amines) is 1. The van der Waals surface area contributed by atoms with E-state index in [0.29, 0.717) is 17.9 Å². The van der Waals surface area contributed by atoms with Crippen LogP contribution in [-0.2, 0) is 4.74 Å². The van der Waals surface area contributed by atoms with E-state index in [1.165, 1.54) is 59.3 Å². The third-order valence-corrected chi connectivity index (χ3v) is 10.3. The first kappa shape index (κ1) is 26.0. The van der Waals surface area contributed by atoms with E-state index in [0.717, 1.165) is 42.5 Å². The van der Waals surface area contributed by atoms with Crippen LogP contribution >= 0.6 is 0 Å². The maximum atomic E-state index is 13.0. The summed E-state index contributed by atoms with van der Waals surface area (Å²) < 4.78 is 5.75. The molecule has 0 unspecified atom stereocenters. The Morgan fingerprint density at radius 3 is 2.26 bits per heavy atom. The predicted molar refractivity (Wildman–Crippen MR) is 166 cm³/mol. The lowest BCUT2D eigenvalue weighted by Gasteiger charge is -2.30. The number of nitrogens with zero attached hydrogens (tertiary/aromatic N) is 3. The number of piperidine rings is 1. The number of carbonyl (C=O) groups excluding carboxylic acids is 1. The molecule has 0 radical (unpaired) electrons. The Labute approximate surface area is 248 Å². The molecule has 3 aliphatic carbocycles. The number of imidazole rings is 1. The molecule has 6 heteroatoms. The van der Waals surface area contributed by atoms with Crippen molar-refractivity contribution in [2.24, 2.45) is 22.7 Å². The fourth-order valence-electron chi connectivity index (χ4n) is 8.13. The van der Waals surface area contributed by atoms with Crippen LogP contribution in [0.1, 0.15) is 83.0 Å². The summed E-state index contributed by atoms with van der Waals surface area (Å²) in [5, 5.41) is 0. The number of H-pyrrole nitrogens is 1. The molecular weight excluding hydrogens is 520 g/mol. The van der Waals surface area contributed by atoms with Gasteiger partial charge in [-0.1, -0.05) is 55.0 Å². The number of carbonyl (C=O) groups is 1. The van der Waals surface area contributed by atoms with Crippen LogP contribution in [0.5, 0.6) is 0 Å². The molecule has 2 aromatic carbocycles. The second-order valence-electron chi connectivity index (χ2n) is 14.3. The quantitative estimate of drug-likeness (QED) is 0.342. The molecule has 4 fully saturated rings. The molecular formula is C36H40N4O2. The van der Waals surface area contributed by atoms with Crippen LogP contribution in [0.2, 0.25) is 0 Å². The molecule has 3 heterocycles. The molecule has 3 saturated carbocycles. The molecule has 1 aromatic heterocycles. The highest BCUT2D eigenvalue weighted by Crippen LogP contribution is 2.52. The fourth-order valence-corrected chi connectivity index (χ4v) is 8.13. The van der Waals surface area contributed by atoms with Gasteiger partial charge in [0, 0.05) is 30.3 Å². The van der Waals surface area contributed by atoms with Gasteiger partial charge in [0.2, 0.25) is 0 Å². The summed E-state index contributed by atoms with van der Waals surface area (Å²) in [5.41, 5.74) is 7.69. The van der Waals surface area contributed by atoms with Gasteiger partial charge in [0.05, 0.1) is 17.9 Å². The van der Waals surface area contributed by atoms with Gasteiger partial charge in [0.25, 0.3) is 0 Å². The lowest BCUT2D eigenvalue weighted by molar-refractivity contribution is 0.0230. The smallest absolute Gasteiger partial charge is 0.411 e. The number of aromatic nitrogens is 2. The van der Waals surface area contributed by atoms with Gasteiger partial charge in [0.1, 0.15) is 11.4 Å². The largest absolute Gasteiger partial charge is 0.444 e. The lowest BCUT2D eigenvalue weighted by Crippen LogP contribution is -2.45. The minimum atomic E-state index is -0.491. The predicted octanol–water partition coefficient (Wildman–Crippen LogP) is 8.23. The standard InChI is InChI=1S/C36H40N4O2/c1-36(2,3)42-35(41)40-32-17-27(32)18-33(40)30-16-28(19-37-30)24-8-6-22(7-9-24)23-10-12-25(13-11-23)31-20-38-34(39-31)29-15-21-4-5-26(29)14-21/h6-13,19-21,26-27,29,32-33H,4-5,14-18H2,1-3H3,(H,38,39)/t21-,26+,27-,29+,32-,33+/m1/s1. The van der Waals surface area contributed by atoms with E-state index in [-0.39, 0.29) is 12.1 Å². The number of aliphatic imine (C=N–C) groups is 1. The topological polar surface area (TPSA) is 70.6 Å². The number of aromatic amines is 1. The first-order valence-electron chi connectivity index (χ1n) is 15.8. The Bertz CT molecular complexity index is 1580. The number of amides is 1. The van der Waals surface area contributed by atoms with E-state index >= 15 is 0 Å². The molecule has 1 N–H and O–H groups in total. The van der Waals surface area contributed by atoms with Crippen molar-refractivity contribution in [1.82, 2.24) is 14.9 Å². The van der Waals surface area contributed by atoms with Gasteiger partial charge in [0.15, 0.2) is 0 Å². The van der Waals surface area contributed by atoms with Crippen LogP contribution in [-0.4, -0.2) is 44.4 Å². The minimum absolute atomic E-state index is 0.0503. The van der Waals surface area contributed by atoms with Crippen molar-refractivity contribution in [2.45, 2.75) is 89.3 Å². The number of hydrogen-bond acceptors (Lipinski definition) is 4. The normalized spacial score (nSPS) is 29.5. The molecule has 8 rings (SSSR count). The van der Waals surface area contributed by atoms with Crippen LogP contribution in [0, 0.1) is 17.8 Å². The summed E-state index contributed by atoms with van der Waals surface area (Å²) in [6.07, 6.45) is 12.2. The number of benzene rings is 2. The molecule has 2 aliphatic heterocycles. The summed E-state index contributed by atoms with van der Waals surface area (Å²) in [7, 11) is 0. The van der Waals surface area contributed by atoms with Crippen LogP contribution in [0.4, 0.5) is 4.79 Å². The highest BCUT2D eigenvalue weighted by atomic mass is 16.6. The summed E-state index contributed by atoms with van der Waals surface area (Å²) in [5.74, 6) is 4.16. The second-order valence-corrected chi connectivity index (χ2v) is 14.3. The molecule has 1 amide bonds. The van der Waals surface area contributed by atoms with Crippen molar-refractivity contribution in [3.63, 3.8) is 0 Å². The van der Waals surface area contributed by atoms with Crippen molar-refractivity contribution in [3.05, 3.63) is 72.3 Å². The van der Waals surface area contributed by atoms with Crippen LogP contribution in [0.3, 0.4) is 0 Å². The number of allylic oxidation sites excluding steroid dienone is 1.